The van der Waals surface area contributed by atoms with Crippen LogP contribution >= 0.6 is 0 Å². The van der Waals surface area contributed by atoms with Crippen molar-refractivity contribution >= 4 is 16.6 Å². The first-order valence-electron chi connectivity index (χ1n) is 10.3. The zero-order chi connectivity index (χ0) is 19.4. The number of benzene rings is 2. The summed E-state index contributed by atoms with van der Waals surface area (Å²) in [5, 5.41) is 4.63. The monoisotopic (exact) mass is 378 g/mol. The van der Waals surface area contributed by atoms with E-state index in [4.69, 9.17) is 9.47 Å². The van der Waals surface area contributed by atoms with E-state index in [0.29, 0.717) is 6.61 Å². The van der Waals surface area contributed by atoms with Gasteiger partial charge in [-0.05, 0) is 49.2 Å². The summed E-state index contributed by atoms with van der Waals surface area (Å²) in [4.78, 5) is 4.39. The molecule has 0 spiro atoms. The minimum Gasteiger partial charge on any atom is -0.494 e. The van der Waals surface area contributed by atoms with Crippen LogP contribution in [0.4, 0.5) is 5.69 Å². The Hall–Kier alpha value is -2.75. The van der Waals surface area contributed by atoms with E-state index in [2.05, 4.69) is 23.3 Å². The van der Waals surface area contributed by atoms with Crippen LogP contribution in [0.2, 0.25) is 0 Å². The van der Waals surface area contributed by atoms with Crippen molar-refractivity contribution in [1.29, 1.82) is 0 Å². The lowest BCUT2D eigenvalue weighted by atomic mass is 10.2. The third kappa shape index (κ3) is 6.15. The highest BCUT2D eigenvalue weighted by Crippen LogP contribution is 2.21. The highest BCUT2D eigenvalue weighted by atomic mass is 16.5. The first kappa shape index (κ1) is 20.0. The van der Waals surface area contributed by atoms with Crippen molar-refractivity contribution in [3.63, 3.8) is 0 Å². The highest BCUT2D eigenvalue weighted by molar-refractivity contribution is 5.90. The van der Waals surface area contributed by atoms with Crippen LogP contribution in [0.15, 0.2) is 60.8 Å². The molecule has 0 saturated carbocycles. The third-order valence-corrected chi connectivity index (χ3v) is 4.64. The Morgan fingerprint density at radius 2 is 1.50 bits per heavy atom. The Bertz CT molecular complexity index is 828. The van der Waals surface area contributed by atoms with Gasteiger partial charge in [0.25, 0.3) is 0 Å². The molecule has 4 heteroatoms. The van der Waals surface area contributed by atoms with Crippen molar-refractivity contribution in [3.05, 3.63) is 60.8 Å². The number of rotatable bonds is 12. The average molecular weight is 379 g/mol. The summed E-state index contributed by atoms with van der Waals surface area (Å²) in [6, 6.07) is 18.1. The molecule has 28 heavy (non-hydrogen) atoms. The number of nitrogens with zero attached hydrogens (tertiary/aromatic N) is 1. The van der Waals surface area contributed by atoms with Crippen LogP contribution in [0.3, 0.4) is 0 Å². The molecule has 0 aliphatic carbocycles. The van der Waals surface area contributed by atoms with Crippen molar-refractivity contribution in [2.24, 2.45) is 0 Å². The third-order valence-electron chi connectivity index (χ3n) is 4.64. The molecule has 3 aromatic rings. The largest absolute Gasteiger partial charge is 0.494 e. The molecule has 0 saturated heterocycles. The standard InChI is InChI=1S/C24H30N2O2/c1-2-3-4-7-18-27-20-11-13-21(14-12-20)28-19-8-16-25-24-15-17-26-23-10-6-5-9-22(23)24/h5-6,9-15,17H,2-4,7-8,16,18-19H2,1H3,(H,25,26). The van der Waals surface area contributed by atoms with Gasteiger partial charge in [-0.2, -0.15) is 0 Å². The van der Waals surface area contributed by atoms with Gasteiger partial charge in [-0.25, -0.2) is 0 Å². The Morgan fingerprint density at radius 3 is 2.25 bits per heavy atom. The van der Waals surface area contributed by atoms with E-state index < -0.39 is 0 Å². The van der Waals surface area contributed by atoms with Crippen LogP contribution in [0.5, 0.6) is 11.5 Å². The topological polar surface area (TPSA) is 43.4 Å². The van der Waals surface area contributed by atoms with Crippen molar-refractivity contribution in [2.45, 2.75) is 39.0 Å². The van der Waals surface area contributed by atoms with E-state index in [1.54, 1.807) is 0 Å². The second-order valence-corrected chi connectivity index (χ2v) is 6.88. The van der Waals surface area contributed by atoms with Gasteiger partial charge >= 0.3 is 0 Å². The van der Waals surface area contributed by atoms with Crippen molar-refractivity contribution in [1.82, 2.24) is 4.98 Å². The quantitative estimate of drug-likeness (QED) is 0.388. The number of anilines is 1. The maximum absolute atomic E-state index is 5.84. The lowest BCUT2D eigenvalue weighted by molar-refractivity contribution is 0.300. The lowest BCUT2D eigenvalue weighted by Crippen LogP contribution is -2.07. The van der Waals surface area contributed by atoms with Crippen LogP contribution in [0.1, 0.15) is 39.0 Å². The molecular weight excluding hydrogens is 348 g/mol. The molecule has 0 aliphatic rings. The second-order valence-electron chi connectivity index (χ2n) is 6.88. The van der Waals surface area contributed by atoms with E-state index in [1.165, 1.54) is 19.3 Å². The Labute approximate surface area is 167 Å². The summed E-state index contributed by atoms with van der Waals surface area (Å²) in [7, 11) is 0. The summed E-state index contributed by atoms with van der Waals surface area (Å²) >= 11 is 0. The molecule has 0 radical (unpaired) electrons. The number of pyridine rings is 1. The van der Waals surface area contributed by atoms with Gasteiger partial charge in [0, 0.05) is 23.8 Å². The Morgan fingerprint density at radius 1 is 0.786 bits per heavy atom. The summed E-state index contributed by atoms with van der Waals surface area (Å²) < 4.78 is 11.6. The van der Waals surface area contributed by atoms with Crippen molar-refractivity contribution in [2.75, 3.05) is 25.1 Å². The number of nitrogens with one attached hydrogen (secondary N) is 1. The molecule has 1 N–H and O–H groups in total. The number of hydrogen-bond donors (Lipinski definition) is 1. The number of aromatic nitrogens is 1. The first-order chi connectivity index (χ1) is 13.9. The predicted octanol–water partition coefficient (Wildman–Crippen LogP) is 6.07. The maximum Gasteiger partial charge on any atom is 0.119 e. The molecule has 0 bridgehead atoms. The van der Waals surface area contributed by atoms with Gasteiger partial charge in [-0.3, -0.25) is 4.98 Å². The molecule has 0 aliphatic heterocycles. The number of para-hydroxylation sites is 1. The maximum atomic E-state index is 5.84. The second kappa shape index (κ2) is 11.2. The van der Waals surface area contributed by atoms with Gasteiger partial charge in [-0.1, -0.05) is 44.4 Å². The molecule has 1 heterocycles. The zero-order valence-corrected chi connectivity index (χ0v) is 16.7. The molecule has 0 atom stereocenters. The Balaban J connectivity index is 1.35. The summed E-state index contributed by atoms with van der Waals surface area (Å²) in [5.74, 6) is 1.79. The number of unbranched alkanes of at least 4 members (excludes halogenated alkanes) is 3. The molecular formula is C24H30N2O2. The van der Waals surface area contributed by atoms with E-state index >= 15 is 0 Å². The van der Waals surface area contributed by atoms with E-state index in [-0.39, 0.29) is 0 Å². The molecule has 0 amide bonds. The predicted molar refractivity (Wildman–Crippen MR) is 116 cm³/mol. The summed E-state index contributed by atoms with van der Waals surface area (Å²) in [5.41, 5.74) is 2.13. The molecule has 0 fully saturated rings. The number of hydrogen-bond acceptors (Lipinski definition) is 4. The van der Waals surface area contributed by atoms with Crippen LogP contribution in [-0.4, -0.2) is 24.7 Å². The van der Waals surface area contributed by atoms with Crippen LogP contribution in [0.25, 0.3) is 10.9 Å². The fourth-order valence-electron chi connectivity index (χ4n) is 3.09. The fraction of sp³-hybridized carbons (Fsp3) is 0.375. The van der Waals surface area contributed by atoms with Crippen molar-refractivity contribution < 1.29 is 9.47 Å². The van der Waals surface area contributed by atoms with Crippen LogP contribution in [0, 0.1) is 0 Å². The van der Waals surface area contributed by atoms with Gasteiger partial charge in [0.2, 0.25) is 0 Å². The van der Waals surface area contributed by atoms with Crippen LogP contribution < -0.4 is 14.8 Å². The Kier molecular flexibility index (Phi) is 7.98. The smallest absolute Gasteiger partial charge is 0.119 e. The minimum atomic E-state index is 0.674. The molecule has 1 aromatic heterocycles. The number of fused-ring (bicyclic) bond motifs is 1. The molecule has 4 nitrogen and oxygen atoms in total. The highest BCUT2D eigenvalue weighted by Gasteiger charge is 2.01. The molecule has 148 valence electrons. The van der Waals surface area contributed by atoms with E-state index in [9.17, 15) is 0 Å². The molecule has 0 unspecified atom stereocenters. The fourth-order valence-corrected chi connectivity index (χ4v) is 3.09. The number of ether oxygens (including phenoxy) is 2. The van der Waals surface area contributed by atoms with Gasteiger partial charge in [-0.15, -0.1) is 0 Å². The minimum absolute atomic E-state index is 0.674. The molecule has 2 aromatic carbocycles. The van der Waals surface area contributed by atoms with Gasteiger partial charge in [0.15, 0.2) is 0 Å². The molecule has 3 rings (SSSR count). The zero-order valence-electron chi connectivity index (χ0n) is 16.7. The van der Waals surface area contributed by atoms with Gasteiger partial charge < -0.3 is 14.8 Å². The van der Waals surface area contributed by atoms with Gasteiger partial charge in [0.05, 0.1) is 18.7 Å². The first-order valence-corrected chi connectivity index (χ1v) is 10.3. The average Bonchev–Trinajstić information content (AvgIpc) is 2.74. The lowest BCUT2D eigenvalue weighted by Gasteiger charge is -2.11. The van der Waals surface area contributed by atoms with Crippen molar-refractivity contribution in [3.8, 4) is 11.5 Å². The van der Waals surface area contributed by atoms with E-state index in [0.717, 1.165) is 54.1 Å². The van der Waals surface area contributed by atoms with Crippen LogP contribution in [-0.2, 0) is 0 Å². The summed E-state index contributed by atoms with van der Waals surface area (Å²) in [6.45, 7) is 4.53. The van der Waals surface area contributed by atoms with Gasteiger partial charge in [0.1, 0.15) is 11.5 Å². The summed E-state index contributed by atoms with van der Waals surface area (Å²) in [6.07, 6.45) is 7.65. The van der Waals surface area contributed by atoms with E-state index in [1.807, 2.05) is 54.7 Å². The normalized spacial score (nSPS) is 10.8. The SMILES string of the molecule is CCCCCCOc1ccc(OCCCNc2ccnc3ccccc23)cc1.